The highest BCUT2D eigenvalue weighted by atomic mass is 127. The Kier molecular flexibility index (Phi) is 12.7. The Bertz CT molecular complexity index is 707. The summed E-state index contributed by atoms with van der Waals surface area (Å²) in [6.45, 7) is 4.74. The van der Waals surface area contributed by atoms with Gasteiger partial charge >= 0.3 is 0 Å². The molecule has 0 aliphatic carbocycles. The van der Waals surface area contributed by atoms with E-state index in [2.05, 4.69) is 15.6 Å². The highest BCUT2D eigenvalue weighted by Crippen LogP contribution is 2.14. The summed E-state index contributed by atoms with van der Waals surface area (Å²) in [5, 5.41) is 11.6. The van der Waals surface area contributed by atoms with Gasteiger partial charge in [-0.2, -0.15) is 0 Å². The quantitative estimate of drug-likeness (QED) is 0.179. The zero-order valence-electron chi connectivity index (χ0n) is 16.9. The molecule has 8 nitrogen and oxygen atoms in total. The molecule has 0 spiro atoms. The van der Waals surface area contributed by atoms with Crippen LogP contribution < -0.4 is 15.8 Å². The minimum Gasteiger partial charge on any atom is -0.381 e. The Hall–Kier alpha value is -0.950. The smallest absolute Gasteiger partial charge is 0.238 e. The molecule has 10 heteroatoms. The summed E-state index contributed by atoms with van der Waals surface area (Å²) in [5.74, 6) is 1.38. The summed E-state index contributed by atoms with van der Waals surface area (Å²) in [6, 6.07) is 6.59. The fourth-order valence-electron chi connectivity index (χ4n) is 2.94. The number of halogens is 1. The first-order valence-corrected chi connectivity index (χ1v) is 11.3. The Balaban J connectivity index is 0.00000420. The number of guanidine groups is 1. The maximum absolute atomic E-state index is 11.3. The predicted molar refractivity (Wildman–Crippen MR) is 125 cm³/mol. The van der Waals surface area contributed by atoms with Crippen LogP contribution in [0, 0.1) is 5.92 Å². The van der Waals surface area contributed by atoms with Crippen LogP contribution in [0.2, 0.25) is 0 Å². The third kappa shape index (κ3) is 10.6. The number of nitrogens with one attached hydrogen (secondary N) is 2. The molecule has 1 aromatic rings. The van der Waals surface area contributed by atoms with Crippen LogP contribution in [-0.2, 0) is 25.9 Å². The van der Waals surface area contributed by atoms with Gasteiger partial charge < -0.3 is 20.1 Å². The van der Waals surface area contributed by atoms with Crippen molar-refractivity contribution in [3.63, 3.8) is 0 Å². The van der Waals surface area contributed by atoms with Crippen LogP contribution >= 0.6 is 24.0 Å². The average Bonchev–Trinajstić information content (AvgIpc) is 2.69. The molecule has 0 radical (unpaired) electrons. The summed E-state index contributed by atoms with van der Waals surface area (Å²) >= 11 is 0. The highest BCUT2D eigenvalue weighted by molar-refractivity contribution is 14.0. The van der Waals surface area contributed by atoms with Gasteiger partial charge in [-0.3, -0.25) is 4.99 Å². The molecule has 0 bridgehead atoms. The topological polar surface area (TPSA) is 115 Å². The SMILES string of the molecule is CN=C(NCCCOCC1CCOCC1)NCCc1ccc(S(N)(=O)=O)cc1.I. The summed E-state index contributed by atoms with van der Waals surface area (Å²) in [7, 11) is -1.91. The van der Waals surface area contributed by atoms with Crippen molar-refractivity contribution in [2.45, 2.75) is 30.6 Å². The lowest BCUT2D eigenvalue weighted by molar-refractivity contribution is 0.0203. The molecule has 4 N–H and O–H groups in total. The largest absolute Gasteiger partial charge is 0.381 e. The van der Waals surface area contributed by atoms with Gasteiger partial charge in [-0.1, -0.05) is 12.1 Å². The third-order valence-electron chi connectivity index (χ3n) is 4.63. The predicted octanol–water partition coefficient (Wildman–Crippen LogP) is 1.49. The van der Waals surface area contributed by atoms with Gasteiger partial charge in [-0.05, 0) is 49.3 Å². The fraction of sp³-hybridized carbons (Fsp3) is 0.632. The van der Waals surface area contributed by atoms with Gasteiger partial charge in [0.1, 0.15) is 0 Å². The molecular weight excluding hydrogens is 507 g/mol. The molecule has 1 fully saturated rings. The number of primary sulfonamides is 1. The van der Waals surface area contributed by atoms with Gasteiger partial charge in [0.25, 0.3) is 0 Å². The summed E-state index contributed by atoms with van der Waals surface area (Å²) in [5.41, 5.74) is 1.02. The van der Waals surface area contributed by atoms with Crippen molar-refractivity contribution in [3.8, 4) is 0 Å². The number of nitrogens with zero attached hydrogens (tertiary/aromatic N) is 1. The molecule has 0 amide bonds. The van der Waals surface area contributed by atoms with E-state index in [1.807, 2.05) is 0 Å². The number of rotatable bonds is 10. The maximum Gasteiger partial charge on any atom is 0.238 e. The minimum atomic E-state index is -3.64. The Morgan fingerprint density at radius 3 is 2.48 bits per heavy atom. The lowest BCUT2D eigenvalue weighted by atomic mass is 10.0. The molecule has 0 aromatic heterocycles. The molecule has 0 unspecified atom stereocenters. The number of hydrogen-bond acceptors (Lipinski definition) is 5. The van der Waals surface area contributed by atoms with Gasteiger partial charge in [0, 0.05) is 46.6 Å². The Morgan fingerprint density at radius 1 is 1.21 bits per heavy atom. The van der Waals surface area contributed by atoms with Crippen molar-refractivity contribution < 1.29 is 17.9 Å². The molecule has 29 heavy (non-hydrogen) atoms. The molecule has 1 aromatic carbocycles. The molecular formula is C19H33IN4O4S. The van der Waals surface area contributed by atoms with Crippen LogP contribution in [0.5, 0.6) is 0 Å². The highest BCUT2D eigenvalue weighted by Gasteiger charge is 2.13. The minimum absolute atomic E-state index is 0. The van der Waals surface area contributed by atoms with Crippen molar-refractivity contribution in [2.24, 2.45) is 16.0 Å². The molecule has 2 rings (SSSR count). The monoisotopic (exact) mass is 540 g/mol. The standard InChI is InChI=1S/C19H32N4O4S.HI/c1-21-19(22-10-2-12-27-15-17-8-13-26-14-9-17)23-11-7-16-3-5-18(6-4-16)28(20,24)25;/h3-6,17H,2,7-15H2,1H3,(H2,20,24,25)(H2,21,22,23);1H. The van der Waals surface area contributed by atoms with Gasteiger partial charge in [-0.15, -0.1) is 24.0 Å². The first kappa shape index (κ1) is 26.1. The molecule has 1 heterocycles. The van der Waals surface area contributed by atoms with Crippen molar-refractivity contribution in [2.75, 3.05) is 46.6 Å². The van der Waals surface area contributed by atoms with E-state index in [1.54, 1.807) is 19.2 Å². The molecule has 1 aliphatic rings. The van der Waals surface area contributed by atoms with E-state index in [-0.39, 0.29) is 28.9 Å². The van der Waals surface area contributed by atoms with Crippen molar-refractivity contribution in [1.82, 2.24) is 10.6 Å². The zero-order chi connectivity index (χ0) is 20.2. The number of hydrogen-bond donors (Lipinski definition) is 3. The van der Waals surface area contributed by atoms with Gasteiger partial charge in [0.15, 0.2) is 5.96 Å². The number of benzene rings is 1. The molecule has 0 atom stereocenters. The number of sulfonamides is 1. The molecule has 0 saturated carbocycles. The van der Waals surface area contributed by atoms with E-state index in [1.165, 1.54) is 12.1 Å². The Labute approximate surface area is 191 Å². The van der Waals surface area contributed by atoms with E-state index < -0.39 is 10.0 Å². The molecule has 1 aliphatic heterocycles. The maximum atomic E-state index is 11.3. The van der Waals surface area contributed by atoms with E-state index >= 15 is 0 Å². The summed E-state index contributed by atoms with van der Waals surface area (Å²) in [4.78, 5) is 4.33. The van der Waals surface area contributed by atoms with E-state index in [0.29, 0.717) is 12.5 Å². The summed E-state index contributed by atoms with van der Waals surface area (Å²) < 4.78 is 33.6. The first-order valence-electron chi connectivity index (χ1n) is 9.71. The first-order chi connectivity index (χ1) is 13.5. The number of ether oxygens (including phenoxy) is 2. The van der Waals surface area contributed by atoms with Gasteiger partial charge in [0.2, 0.25) is 10.0 Å². The number of nitrogens with two attached hydrogens (primary N) is 1. The summed E-state index contributed by atoms with van der Waals surface area (Å²) in [6.07, 6.45) is 3.86. The molecule has 166 valence electrons. The normalized spacial score (nSPS) is 15.6. The van der Waals surface area contributed by atoms with E-state index in [9.17, 15) is 8.42 Å². The van der Waals surface area contributed by atoms with Crippen LogP contribution in [0.1, 0.15) is 24.8 Å². The van der Waals surface area contributed by atoms with E-state index in [4.69, 9.17) is 14.6 Å². The van der Waals surface area contributed by atoms with Crippen molar-refractivity contribution in [1.29, 1.82) is 0 Å². The van der Waals surface area contributed by atoms with Crippen LogP contribution in [0.15, 0.2) is 34.2 Å². The zero-order valence-corrected chi connectivity index (χ0v) is 20.1. The Morgan fingerprint density at radius 2 is 1.86 bits per heavy atom. The molecule has 1 saturated heterocycles. The van der Waals surface area contributed by atoms with Gasteiger partial charge in [0.05, 0.1) is 4.90 Å². The number of aliphatic imine (C=N–C) groups is 1. The van der Waals surface area contributed by atoms with Crippen LogP contribution in [0.4, 0.5) is 0 Å². The second-order valence-electron chi connectivity index (χ2n) is 6.85. The van der Waals surface area contributed by atoms with Crippen LogP contribution in [-0.4, -0.2) is 60.9 Å². The van der Waals surface area contributed by atoms with Crippen molar-refractivity contribution >= 4 is 40.0 Å². The third-order valence-corrected chi connectivity index (χ3v) is 5.56. The van der Waals surface area contributed by atoms with Crippen molar-refractivity contribution in [3.05, 3.63) is 29.8 Å². The fourth-order valence-corrected chi connectivity index (χ4v) is 3.45. The second kappa shape index (κ2) is 14.1. The van der Waals surface area contributed by atoms with E-state index in [0.717, 1.165) is 70.2 Å². The lowest BCUT2D eigenvalue weighted by Gasteiger charge is -2.21. The van der Waals surface area contributed by atoms with Crippen LogP contribution in [0.25, 0.3) is 0 Å². The lowest BCUT2D eigenvalue weighted by Crippen LogP contribution is -2.39. The van der Waals surface area contributed by atoms with Crippen LogP contribution in [0.3, 0.4) is 0 Å². The second-order valence-corrected chi connectivity index (χ2v) is 8.41. The average molecular weight is 540 g/mol. The van der Waals surface area contributed by atoms with Gasteiger partial charge in [-0.25, -0.2) is 13.6 Å².